The van der Waals surface area contributed by atoms with E-state index in [1.165, 1.54) is 24.3 Å². The number of nitrogens with one attached hydrogen (secondary N) is 2. The van der Waals surface area contributed by atoms with Gasteiger partial charge in [-0.2, -0.15) is 0 Å². The first-order valence-electron chi connectivity index (χ1n) is 12.2. The predicted molar refractivity (Wildman–Crippen MR) is 133 cm³/mol. The number of esters is 1. The highest BCUT2D eigenvalue weighted by atomic mass is 35.5. The third kappa shape index (κ3) is 5.67. The monoisotopic (exact) mass is 570 g/mol. The van der Waals surface area contributed by atoms with Crippen molar-refractivity contribution in [3.05, 3.63) is 27.7 Å². The molecule has 2 N–H and O–H groups in total. The zero-order chi connectivity index (χ0) is 27.6. The zero-order valence-corrected chi connectivity index (χ0v) is 22.3. The molecule has 0 saturated carbocycles. The first-order chi connectivity index (χ1) is 18.1. The molecule has 4 amide bonds. The molecular weight excluding hydrogens is 543 g/mol. The summed E-state index contributed by atoms with van der Waals surface area (Å²) in [6.07, 6.45) is -0.212. The Balaban J connectivity index is 1.53. The highest BCUT2D eigenvalue weighted by Gasteiger charge is 2.46. The van der Waals surface area contributed by atoms with Gasteiger partial charge >= 0.3 is 5.97 Å². The topological polar surface area (TPSA) is 144 Å². The maximum absolute atomic E-state index is 13.7. The predicted octanol–water partition coefficient (Wildman–Crippen LogP) is 1.42. The van der Waals surface area contributed by atoms with Crippen molar-refractivity contribution in [1.29, 1.82) is 0 Å². The van der Waals surface area contributed by atoms with Crippen LogP contribution < -0.4 is 15.4 Å². The lowest BCUT2D eigenvalue weighted by molar-refractivity contribution is -0.177. The molecule has 3 heterocycles. The van der Waals surface area contributed by atoms with Gasteiger partial charge in [0, 0.05) is 25.1 Å². The van der Waals surface area contributed by atoms with Crippen molar-refractivity contribution in [1.82, 2.24) is 20.7 Å². The number of nitrogens with zero attached hydrogens (tertiary/aromatic N) is 2. The molecule has 3 aliphatic rings. The summed E-state index contributed by atoms with van der Waals surface area (Å²) < 4.78 is 15.6. The standard InChI is InChI=1S/C24H28Cl2N4O8/c1-3-37-24-16(11-19(32)38-24)28-22(34)17-5-4-8-29-18(31)7-6-15(23(35)30(17)29)27-21(33)12-9-13(25)20(36-2)14(26)10-12/h9-10,15-17,24H,3-8,11H2,1-2H3,(H,27,33)(H,28,34)/t15-,16?,17-,24?/m0/s1. The number of carbonyl (C=O) groups is 5. The first kappa shape index (κ1) is 27.9. The van der Waals surface area contributed by atoms with Crippen LogP contribution in [0.25, 0.3) is 0 Å². The second-order valence-electron chi connectivity index (χ2n) is 9.03. The number of halogens is 2. The van der Waals surface area contributed by atoms with Crippen LogP contribution in [0.4, 0.5) is 0 Å². The van der Waals surface area contributed by atoms with E-state index in [1.54, 1.807) is 6.92 Å². The Morgan fingerprint density at radius 3 is 2.50 bits per heavy atom. The maximum atomic E-state index is 13.7. The van der Waals surface area contributed by atoms with Gasteiger partial charge in [0.2, 0.25) is 18.1 Å². The summed E-state index contributed by atoms with van der Waals surface area (Å²) in [6, 6.07) is -0.130. The third-order valence-electron chi connectivity index (χ3n) is 6.56. The Morgan fingerprint density at radius 1 is 1.13 bits per heavy atom. The lowest BCUT2D eigenvalue weighted by atomic mass is 10.0. The number of hydrogen-bond donors (Lipinski definition) is 2. The van der Waals surface area contributed by atoms with Crippen LogP contribution in [0.5, 0.6) is 5.75 Å². The zero-order valence-electron chi connectivity index (χ0n) is 20.8. The van der Waals surface area contributed by atoms with E-state index >= 15 is 0 Å². The smallest absolute Gasteiger partial charge is 0.310 e. The second-order valence-corrected chi connectivity index (χ2v) is 9.84. The number of ether oxygens (including phenoxy) is 3. The van der Waals surface area contributed by atoms with Crippen LogP contribution in [0.1, 0.15) is 49.4 Å². The minimum absolute atomic E-state index is 0.0109. The molecule has 4 rings (SSSR count). The molecule has 0 spiro atoms. The van der Waals surface area contributed by atoms with Gasteiger partial charge in [0.15, 0.2) is 5.75 Å². The summed E-state index contributed by atoms with van der Waals surface area (Å²) in [6.45, 7) is 2.26. The Bertz CT molecular complexity index is 1130. The summed E-state index contributed by atoms with van der Waals surface area (Å²) in [5, 5.41) is 8.01. The fraction of sp³-hybridized carbons (Fsp3) is 0.542. The molecule has 3 saturated heterocycles. The summed E-state index contributed by atoms with van der Waals surface area (Å²) in [5.41, 5.74) is 0.0989. The quantitative estimate of drug-likeness (QED) is 0.468. The van der Waals surface area contributed by atoms with Gasteiger partial charge in [-0.15, -0.1) is 0 Å². The summed E-state index contributed by atoms with van der Waals surface area (Å²) in [4.78, 5) is 64.7. The molecule has 1 aromatic rings. The summed E-state index contributed by atoms with van der Waals surface area (Å²) >= 11 is 12.3. The normalized spacial score (nSPS) is 25.4. The molecule has 0 radical (unpaired) electrons. The highest BCUT2D eigenvalue weighted by Crippen LogP contribution is 2.34. The van der Waals surface area contributed by atoms with Crippen LogP contribution in [-0.4, -0.2) is 84.3 Å². The molecule has 14 heteroatoms. The van der Waals surface area contributed by atoms with Crippen molar-refractivity contribution < 1.29 is 38.2 Å². The fourth-order valence-electron chi connectivity index (χ4n) is 4.78. The number of benzene rings is 1. The molecule has 38 heavy (non-hydrogen) atoms. The molecule has 2 unspecified atom stereocenters. The van der Waals surface area contributed by atoms with Gasteiger partial charge in [-0.3, -0.25) is 29.0 Å². The number of carbonyl (C=O) groups excluding carboxylic acids is 5. The lowest BCUT2D eigenvalue weighted by Gasteiger charge is -2.43. The summed E-state index contributed by atoms with van der Waals surface area (Å²) in [7, 11) is 1.39. The molecule has 0 bridgehead atoms. The number of rotatable bonds is 7. The Kier molecular flexibility index (Phi) is 8.64. The third-order valence-corrected chi connectivity index (χ3v) is 7.12. The molecule has 0 aromatic heterocycles. The van der Waals surface area contributed by atoms with Gasteiger partial charge in [0.1, 0.15) is 18.1 Å². The Labute approximate surface area is 228 Å². The summed E-state index contributed by atoms with van der Waals surface area (Å²) in [5.74, 6) is -2.43. The highest BCUT2D eigenvalue weighted by molar-refractivity contribution is 6.37. The molecular formula is C24H28Cl2N4O8. The minimum Gasteiger partial charge on any atom is -0.494 e. The van der Waals surface area contributed by atoms with Gasteiger partial charge < -0.3 is 24.8 Å². The van der Waals surface area contributed by atoms with Gasteiger partial charge in [0.25, 0.3) is 11.8 Å². The molecule has 206 valence electrons. The van der Waals surface area contributed by atoms with Crippen LogP contribution in [0.15, 0.2) is 12.1 Å². The van der Waals surface area contributed by atoms with Crippen LogP contribution in [0.2, 0.25) is 10.0 Å². The minimum atomic E-state index is -1.09. The van der Waals surface area contributed by atoms with Crippen LogP contribution >= 0.6 is 23.2 Å². The average Bonchev–Trinajstić information content (AvgIpc) is 3.17. The number of cyclic esters (lactones) is 1. The Hall–Kier alpha value is -3.09. The van der Waals surface area contributed by atoms with E-state index < -0.39 is 48.1 Å². The van der Waals surface area contributed by atoms with Gasteiger partial charge in [0.05, 0.1) is 23.6 Å². The van der Waals surface area contributed by atoms with Gasteiger partial charge in [-0.25, -0.2) is 5.01 Å². The average molecular weight is 571 g/mol. The second kappa shape index (κ2) is 11.7. The number of amides is 4. The first-order valence-corrected chi connectivity index (χ1v) is 13.0. The van der Waals surface area contributed by atoms with Crippen molar-refractivity contribution >= 4 is 52.8 Å². The van der Waals surface area contributed by atoms with Crippen molar-refractivity contribution in [3.63, 3.8) is 0 Å². The number of methoxy groups -OCH3 is 1. The molecule has 0 aliphatic carbocycles. The van der Waals surface area contributed by atoms with E-state index in [2.05, 4.69) is 10.6 Å². The molecule has 12 nitrogen and oxygen atoms in total. The molecule has 3 aliphatic heterocycles. The van der Waals surface area contributed by atoms with E-state index in [0.717, 1.165) is 5.01 Å². The van der Waals surface area contributed by atoms with Crippen molar-refractivity contribution in [2.75, 3.05) is 20.3 Å². The molecule has 3 fully saturated rings. The van der Waals surface area contributed by atoms with Crippen molar-refractivity contribution in [2.24, 2.45) is 0 Å². The van der Waals surface area contributed by atoms with Gasteiger partial charge in [-0.1, -0.05) is 23.2 Å². The van der Waals surface area contributed by atoms with Crippen molar-refractivity contribution in [2.45, 2.75) is 63.4 Å². The fourth-order valence-corrected chi connectivity index (χ4v) is 5.42. The van der Waals surface area contributed by atoms with Crippen LogP contribution in [-0.2, 0) is 28.7 Å². The van der Waals surface area contributed by atoms with Crippen molar-refractivity contribution in [3.8, 4) is 5.75 Å². The van der Waals surface area contributed by atoms with Gasteiger partial charge in [-0.05, 0) is 38.3 Å². The lowest BCUT2D eigenvalue weighted by Crippen LogP contribution is -2.64. The number of fused-ring (bicyclic) bond motifs is 1. The van der Waals surface area contributed by atoms with E-state index in [-0.39, 0.29) is 66.1 Å². The molecule has 4 atom stereocenters. The Morgan fingerprint density at radius 2 is 1.84 bits per heavy atom. The maximum Gasteiger partial charge on any atom is 0.310 e. The van der Waals surface area contributed by atoms with E-state index in [1.807, 2.05) is 0 Å². The van der Waals surface area contributed by atoms with E-state index in [9.17, 15) is 24.0 Å². The van der Waals surface area contributed by atoms with Crippen LogP contribution in [0.3, 0.4) is 0 Å². The largest absolute Gasteiger partial charge is 0.494 e. The van der Waals surface area contributed by atoms with E-state index in [0.29, 0.717) is 6.42 Å². The molecule has 1 aromatic carbocycles. The van der Waals surface area contributed by atoms with E-state index in [4.69, 9.17) is 37.4 Å². The number of hydrogen-bond acceptors (Lipinski definition) is 8. The van der Waals surface area contributed by atoms with Crippen LogP contribution in [0, 0.1) is 0 Å². The number of hydrazine groups is 1. The SMILES string of the molecule is CCOC1OC(=O)CC1NC(=O)[C@@H]1CCCN2C(=O)CC[C@H](NC(=O)c3cc(Cl)c(OC)c(Cl)c3)C(=O)N12.